The number of hydrogen-bond donors (Lipinski definition) is 5. The number of aromatic nitrogens is 2. The van der Waals surface area contributed by atoms with Gasteiger partial charge in [-0.15, -0.1) is 12.4 Å². The van der Waals surface area contributed by atoms with Crippen LogP contribution in [0.3, 0.4) is 0 Å². The Balaban J connectivity index is 0. The van der Waals surface area contributed by atoms with Gasteiger partial charge in [-0.3, -0.25) is 17.1 Å². The van der Waals surface area contributed by atoms with Gasteiger partial charge in [-0.05, 0) is 10.3 Å². The second-order valence-corrected chi connectivity index (χ2v) is 1.35. The lowest BCUT2D eigenvalue weighted by molar-refractivity contribution is 0.286. The van der Waals surface area contributed by atoms with E-state index in [-0.39, 0.29) is 23.9 Å². The molecule has 0 saturated heterocycles. The van der Waals surface area contributed by atoms with Gasteiger partial charge in [0.05, 0.1) is 0 Å². The molecule has 70 valence electrons. The molecule has 8 N–H and O–H groups in total. The van der Waals surface area contributed by atoms with Gasteiger partial charge in [-0.25, -0.2) is 4.63 Å². The molecule has 0 unspecified atom stereocenters. The van der Waals surface area contributed by atoms with E-state index in [4.69, 9.17) is 16.2 Å². The van der Waals surface area contributed by atoms with Crippen LogP contribution in [0.1, 0.15) is 5.69 Å². The highest BCUT2D eigenvalue weighted by atomic mass is 35.5. The molecule has 0 spiro atoms. The average molecular weight is 197 g/mol. The number of nitrogens with one attached hydrogen (secondary N) is 1. The maximum Gasteiger partial charge on any atom is 0.284 e. The molecule has 0 aliphatic heterocycles. The Bertz CT molecular complexity index is 236. The summed E-state index contributed by atoms with van der Waals surface area (Å²) in [4.78, 5) is 0. The Morgan fingerprint density at radius 1 is 1.42 bits per heavy atom. The number of halogens is 1. The molecule has 8 nitrogen and oxygen atoms in total. The minimum atomic E-state index is -0.456. The quantitative estimate of drug-likeness (QED) is 0.155. The summed E-state index contributed by atoms with van der Waals surface area (Å²) in [5.74, 6) is 7.18. The van der Waals surface area contributed by atoms with Gasteiger partial charge < -0.3 is 10.8 Å². The molecule has 0 aliphatic rings. The number of amidine groups is 1. The third-order valence-corrected chi connectivity index (χ3v) is 0.726. The molecule has 0 bridgehead atoms. The first-order valence-electron chi connectivity index (χ1n) is 2.41. The molecule has 0 fully saturated rings. The third kappa shape index (κ3) is 3.14. The number of hydrazine groups is 1. The Morgan fingerprint density at radius 3 is 2.08 bits per heavy atom. The molecular formula is C3H9ClN6O2. The first-order valence-corrected chi connectivity index (χ1v) is 2.41. The van der Waals surface area contributed by atoms with E-state index in [1.165, 1.54) is 0 Å². The molecule has 0 amide bonds. The summed E-state index contributed by atoms with van der Waals surface area (Å²) in [5.41, 5.74) is 4.79. The number of aromatic hydroxyl groups is 1. The van der Waals surface area contributed by atoms with E-state index in [1.54, 1.807) is 0 Å². The number of nitrogens with two attached hydrogens (primary N) is 3. The van der Waals surface area contributed by atoms with Crippen molar-refractivity contribution in [1.82, 2.24) is 10.3 Å². The average Bonchev–Trinajstić information content (AvgIpc) is 2.39. The lowest BCUT2D eigenvalue weighted by Crippen LogP contribution is -2.11. The molecule has 1 aromatic rings. The Morgan fingerprint density at radius 2 is 1.92 bits per heavy atom. The van der Waals surface area contributed by atoms with E-state index < -0.39 is 5.88 Å². The molecule has 0 aromatic carbocycles. The summed E-state index contributed by atoms with van der Waals surface area (Å²) in [5, 5.41) is 21.5. The van der Waals surface area contributed by atoms with Gasteiger partial charge in [0.25, 0.3) is 5.88 Å². The van der Waals surface area contributed by atoms with Crippen molar-refractivity contribution in [2.45, 2.75) is 0 Å². The Kier molecular flexibility index (Phi) is 6.99. The highest BCUT2D eigenvalue weighted by Crippen LogP contribution is 2.06. The monoisotopic (exact) mass is 196 g/mol. The fraction of sp³-hybridized carbons (Fsp3) is 0. The van der Waals surface area contributed by atoms with Gasteiger partial charge in [0.15, 0.2) is 5.84 Å². The number of hydrogen-bond acceptors (Lipinski definition) is 7. The summed E-state index contributed by atoms with van der Waals surface area (Å²) in [6.07, 6.45) is 0. The summed E-state index contributed by atoms with van der Waals surface area (Å²) in [7, 11) is 0. The van der Waals surface area contributed by atoms with Crippen molar-refractivity contribution in [3.05, 3.63) is 5.69 Å². The summed E-state index contributed by atoms with van der Waals surface area (Å²) in [6.45, 7) is 0. The maximum atomic E-state index is 8.63. The number of rotatable bonds is 1. The van der Waals surface area contributed by atoms with Crippen molar-refractivity contribution in [1.29, 1.82) is 5.41 Å². The largest absolute Gasteiger partial charge is 0.489 e. The van der Waals surface area contributed by atoms with Gasteiger partial charge in [0.1, 0.15) is 0 Å². The van der Waals surface area contributed by atoms with Crippen LogP contribution >= 0.6 is 12.4 Å². The van der Waals surface area contributed by atoms with E-state index in [0.717, 1.165) is 0 Å². The van der Waals surface area contributed by atoms with Gasteiger partial charge in [-0.1, -0.05) is 0 Å². The third-order valence-electron chi connectivity index (χ3n) is 0.726. The molecule has 1 rings (SSSR count). The van der Waals surface area contributed by atoms with E-state index >= 15 is 0 Å². The summed E-state index contributed by atoms with van der Waals surface area (Å²) < 4.78 is 4.04. The zero-order valence-corrected chi connectivity index (χ0v) is 6.71. The van der Waals surface area contributed by atoms with Crippen LogP contribution in [0.2, 0.25) is 0 Å². The number of nitrogen functional groups attached to an aromatic ring is 1. The fourth-order valence-corrected chi connectivity index (χ4v) is 0.354. The zero-order valence-electron chi connectivity index (χ0n) is 5.89. The molecule has 0 radical (unpaired) electrons. The Hall–Kier alpha value is -1.38. The molecule has 9 heteroatoms. The van der Waals surface area contributed by atoms with Crippen molar-refractivity contribution in [2.75, 3.05) is 0 Å². The van der Waals surface area contributed by atoms with Crippen LogP contribution in [0.4, 0.5) is 0 Å². The van der Waals surface area contributed by atoms with Crippen LogP contribution in [-0.2, 0) is 0 Å². The lowest BCUT2D eigenvalue weighted by Gasteiger charge is -1.84. The van der Waals surface area contributed by atoms with Crippen molar-refractivity contribution >= 4 is 18.2 Å². The molecule has 0 atom stereocenters. The molecular weight excluding hydrogens is 188 g/mol. The smallest absolute Gasteiger partial charge is 0.284 e. The molecule has 1 aromatic heterocycles. The van der Waals surface area contributed by atoms with Gasteiger partial charge in [-0.2, -0.15) is 0 Å². The predicted octanol–water partition coefficient (Wildman–Crippen LogP) is -1.70. The molecule has 0 saturated carbocycles. The highest BCUT2D eigenvalue weighted by molar-refractivity contribution is 5.94. The van der Waals surface area contributed by atoms with E-state index in [2.05, 4.69) is 26.6 Å². The molecule has 0 aliphatic carbocycles. The van der Waals surface area contributed by atoms with Crippen molar-refractivity contribution < 1.29 is 9.74 Å². The van der Waals surface area contributed by atoms with Gasteiger partial charge in [0.2, 0.25) is 5.69 Å². The fourth-order valence-electron chi connectivity index (χ4n) is 0.354. The normalized spacial score (nSPS) is 7.50. The first-order chi connectivity index (χ1) is 5.22. The van der Waals surface area contributed by atoms with E-state index in [9.17, 15) is 0 Å². The van der Waals surface area contributed by atoms with Crippen LogP contribution < -0.4 is 17.4 Å². The highest BCUT2D eigenvalue weighted by Gasteiger charge is 2.09. The van der Waals surface area contributed by atoms with Crippen LogP contribution in [0.15, 0.2) is 4.63 Å². The zero-order chi connectivity index (χ0) is 8.85. The topological polar surface area (TPSA) is 161 Å². The Labute approximate surface area is 73.6 Å². The first kappa shape index (κ1) is 13.2. The van der Waals surface area contributed by atoms with Gasteiger partial charge >= 0.3 is 0 Å². The standard InChI is InChI=1S/C3H4N4O2.ClH.H4N2/c4-2(5)1-3(8)7-9-6-1;;1-2/h(H3,4,5)(H,7,8);1H;1-2H2. The number of nitrogens with zero attached hydrogens (tertiary/aromatic N) is 2. The van der Waals surface area contributed by atoms with E-state index in [0.29, 0.717) is 0 Å². The van der Waals surface area contributed by atoms with Crippen LogP contribution in [0, 0.1) is 5.41 Å². The SMILES string of the molecule is Cl.N=C(N)c1nonc1O.NN. The minimum Gasteiger partial charge on any atom is -0.489 e. The van der Waals surface area contributed by atoms with Crippen molar-refractivity contribution in [3.63, 3.8) is 0 Å². The maximum absolute atomic E-state index is 8.63. The van der Waals surface area contributed by atoms with Crippen LogP contribution in [0.5, 0.6) is 5.88 Å². The summed E-state index contributed by atoms with van der Waals surface area (Å²) in [6, 6.07) is 0. The van der Waals surface area contributed by atoms with Crippen LogP contribution in [0.25, 0.3) is 0 Å². The van der Waals surface area contributed by atoms with Gasteiger partial charge in [0, 0.05) is 0 Å². The lowest BCUT2D eigenvalue weighted by atomic mass is 10.4. The van der Waals surface area contributed by atoms with Crippen LogP contribution in [-0.4, -0.2) is 21.3 Å². The molecule has 12 heavy (non-hydrogen) atoms. The second kappa shape index (κ2) is 6.34. The summed E-state index contributed by atoms with van der Waals surface area (Å²) >= 11 is 0. The van der Waals surface area contributed by atoms with Crippen molar-refractivity contribution in [3.8, 4) is 5.88 Å². The van der Waals surface area contributed by atoms with Crippen molar-refractivity contribution in [2.24, 2.45) is 17.4 Å². The molecule has 1 heterocycles. The second-order valence-electron chi connectivity index (χ2n) is 1.35. The van der Waals surface area contributed by atoms with E-state index in [1.807, 2.05) is 0 Å². The minimum absolute atomic E-state index is 0. The predicted molar refractivity (Wildman–Crippen MR) is 42.6 cm³/mol.